The summed E-state index contributed by atoms with van der Waals surface area (Å²) in [6.45, 7) is 9.38. The number of hydrogen-bond donors (Lipinski definition) is 0. The van der Waals surface area contributed by atoms with Crippen molar-refractivity contribution in [3.05, 3.63) is 15.6 Å². The van der Waals surface area contributed by atoms with Crippen LogP contribution >= 0.6 is 11.3 Å². The molecule has 0 spiro atoms. The molecular weight excluding hydrogens is 194 g/mol. The van der Waals surface area contributed by atoms with E-state index >= 15 is 0 Å². The predicted molar refractivity (Wildman–Crippen MR) is 58.8 cm³/mol. The molecule has 0 amide bonds. The Labute approximate surface area is 89.3 Å². The van der Waals surface area contributed by atoms with Crippen LogP contribution in [0.5, 0.6) is 0 Å². The van der Waals surface area contributed by atoms with Crippen molar-refractivity contribution in [2.24, 2.45) is 0 Å². The van der Waals surface area contributed by atoms with Crippen LogP contribution in [0.15, 0.2) is 0 Å². The van der Waals surface area contributed by atoms with Gasteiger partial charge in [0, 0.05) is 12.3 Å². The molecule has 1 aromatic rings. The van der Waals surface area contributed by atoms with Crippen molar-refractivity contribution in [3.8, 4) is 0 Å². The molecule has 0 N–H and O–H groups in total. The molecule has 0 unspecified atom stereocenters. The Kier molecular flexibility index (Phi) is 2.40. The lowest BCUT2D eigenvalue weighted by molar-refractivity contribution is -0.0393. The van der Waals surface area contributed by atoms with Crippen molar-refractivity contribution < 1.29 is 4.74 Å². The van der Waals surface area contributed by atoms with Crippen LogP contribution in [0.1, 0.15) is 49.2 Å². The highest BCUT2D eigenvalue weighted by atomic mass is 32.1. The number of fused-ring (bicyclic) bond motifs is 1. The van der Waals surface area contributed by atoms with Gasteiger partial charge < -0.3 is 4.74 Å². The Morgan fingerprint density at radius 2 is 2.14 bits per heavy atom. The highest BCUT2D eigenvalue weighted by molar-refractivity contribution is 7.11. The first-order valence-electron chi connectivity index (χ1n) is 5.10. The zero-order chi connectivity index (χ0) is 10.3. The van der Waals surface area contributed by atoms with Crippen molar-refractivity contribution in [2.75, 3.05) is 0 Å². The monoisotopic (exact) mass is 211 g/mol. The van der Waals surface area contributed by atoms with Crippen LogP contribution in [0.4, 0.5) is 0 Å². The second-order valence-corrected chi connectivity index (χ2v) is 5.92. The van der Waals surface area contributed by atoms with Crippen LogP contribution in [0.2, 0.25) is 0 Å². The summed E-state index contributed by atoms with van der Waals surface area (Å²) in [6.07, 6.45) is 0.950. The van der Waals surface area contributed by atoms with Gasteiger partial charge in [-0.3, -0.25) is 0 Å². The first-order chi connectivity index (χ1) is 6.48. The first-order valence-corrected chi connectivity index (χ1v) is 5.92. The quantitative estimate of drug-likeness (QED) is 0.712. The van der Waals surface area contributed by atoms with Gasteiger partial charge in [0.05, 0.1) is 27.8 Å². The summed E-state index contributed by atoms with van der Waals surface area (Å²) in [5.74, 6) is 0.536. The fourth-order valence-electron chi connectivity index (χ4n) is 1.62. The van der Waals surface area contributed by atoms with E-state index in [1.807, 2.05) is 11.3 Å². The van der Waals surface area contributed by atoms with Crippen LogP contribution in [-0.4, -0.2) is 10.6 Å². The van der Waals surface area contributed by atoms with Gasteiger partial charge in [-0.2, -0.15) is 0 Å². The summed E-state index contributed by atoms with van der Waals surface area (Å²) < 4.78 is 5.76. The average Bonchev–Trinajstić information content (AvgIpc) is 2.45. The minimum Gasteiger partial charge on any atom is -0.370 e. The summed E-state index contributed by atoms with van der Waals surface area (Å²) >= 11 is 1.81. The predicted octanol–water partition coefficient (Wildman–Crippen LogP) is 3.12. The molecule has 0 saturated heterocycles. The minimum atomic E-state index is -0.0324. The number of nitrogens with zero attached hydrogens (tertiary/aromatic N) is 1. The summed E-state index contributed by atoms with van der Waals surface area (Å²) in [6, 6.07) is 0. The van der Waals surface area contributed by atoms with E-state index in [0.717, 1.165) is 13.0 Å². The van der Waals surface area contributed by atoms with E-state index in [9.17, 15) is 0 Å². The summed E-state index contributed by atoms with van der Waals surface area (Å²) in [5, 5.41) is 1.25. The fraction of sp³-hybridized carbons (Fsp3) is 0.727. The van der Waals surface area contributed by atoms with Gasteiger partial charge in [-0.05, 0) is 13.8 Å². The van der Waals surface area contributed by atoms with Crippen LogP contribution in [0, 0.1) is 0 Å². The molecular formula is C11H17NOS. The molecule has 0 bridgehead atoms. The van der Waals surface area contributed by atoms with Gasteiger partial charge in [0.1, 0.15) is 0 Å². The molecule has 0 radical (unpaired) electrons. The first kappa shape index (κ1) is 10.1. The lowest BCUT2D eigenvalue weighted by Crippen LogP contribution is -2.31. The molecule has 2 nitrogen and oxygen atoms in total. The largest absolute Gasteiger partial charge is 0.370 e. The molecule has 1 aliphatic rings. The van der Waals surface area contributed by atoms with Crippen molar-refractivity contribution in [1.82, 2.24) is 4.98 Å². The van der Waals surface area contributed by atoms with Crippen molar-refractivity contribution in [1.29, 1.82) is 0 Å². The van der Waals surface area contributed by atoms with Crippen LogP contribution < -0.4 is 0 Å². The highest BCUT2D eigenvalue weighted by Gasteiger charge is 2.29. The van der Waals surface area contributed by atoms with E-state index in [0.29, 0.717) is 5.92 Å². The van der Waals surface area contributed by atoms with E-state index in [2.05, 4.69) is 32.7 Å². The standard InChI is InChI=1S/C11H17NOS/c1-7(2)10-12-8-5-11(3,4)13-6-9(8)14-10/h7H,5-6H2,1-4H3. The van der Waals surface area contributed by atoms with E-state index in [1.165, 1.54) is 15.6 Å². The van der Waals surface area contributed by atoms with E-state index in [1.54, 1.807) is 0 Å². The Balaban J connectivity index is 2.30. The number of ether oxygens (including phenoxy) is 1. The second-order valence-electron chi connectivity index (χ2n) is 4.80. The van der Waals surface area contributed by atoms with Gasteiger partial charge in [-0.15, -0.1) is 11.3 Å². The van der Waals surface area contributed by atoms with Crippen LogP contribution in [0.25, 0.3) is 0 Å². The summed E-state index contributed by atoms with van der Waals surface area (Å²) in [4.78, 5) is 6.01. The smallest absolute Gasteiger partial charge is 0.0957 e. The zero-order valence-corrected chi connectivity index (χ0v) is 10.1. The molecule has 1 aliphatic heterocycles. The van der Waals surface area contributed by atoms with Crippen molar-refractivity contribution in [3.63, 3.8) is 0 Å². The van der Waals surface area contributed by atoms with Gasteiger partial charge in [0.25, 0.3) is 0 Å². The average molecular weight is 211 g/mol. The van der Waals surface area contributed by atoms with Crippen LogP contribution in [0.3, 0.4) is 0 Å². The molecule has 0 saturated carbocycles. The van der Waals surface area contributed by atoms with E-state index in [4.69, 9.17) is 4.74 Å². The van der Waals surface area contributed by atoms with Gasteiger partial charge in [-0.25, -0.2) is 4.98 Å². The van der Waals surface area contributed by atoms with Gasteiger partial charge in [0.15, 0.2) is 0 Å². The summed E-state index contributed by atoms with van der Waals surface area (Å²) in [5.41, 5.74) is 1.23. The lowest BCUT2D eigenvalue weighted by Gasteiger charge is -2.28. The van der Waals surface area contributed by atoms with E-state index in [-0.39, 0.29) is 5.60 Å². The molecule has 2 rings (SSSR count). The highest BCUT2D eigenvalue weighted by Crippen LogP contribution is 2.33. The Morgan fingerprint density at radius 3 is 2.79 bits per heavy atom. The van der Waals surface area contributed by atoms with Crippen LogP contribution in [-0.2, 0) is 17.8 Å². The third-order valence-electron chi connectivity index (χ3n) is 2.48. The zero-order valence-electron chi connectivity index (χ0n) is 9.26. The molecule has 2 heterocycles. The third-order valence-corrected chi connectivity index (χ3v) is 3.85. The fourth-order valence-corrected chi connectivity index (χ4v) is 2.61. The number of hydrogen-bond acceptors (Lipinski definition) is 3. The van der Waals surface area contributed by atoms with Crippen molar-refractivity contribution >= 4 is 11.3 Å². The SMILES string of the molecule is CC(C)c1nc2c(s1)COC(C)(C)C2. The summed E-state index contributed by atoms with van der Waals surface area (Å²) in [7, 11) is 0. The molecule has 0 fully saturated rings. The molecule has 78 valence electrons. The Hall–Kier alpha value is -0.410. The van der Waals surface area contributed by atoms with Crippen molar-refractivity contribution in [2.45, 2.75) is 52.2 Å². The molecule has 3 heteroatoms. The molecule has 14 heavy (non-hydrogen) atoms. The lowest BCUT2D eigenvalue weighted by atomic mass is 9.99. The molecule has 0 atom stereocenters. The third kappa shape index (κ3) is 1.84. The molecule has 1 aromatic heterocycles. The van der Waals surface area contributed by atoms with Gasteiger partial charge >= 0.3 is 0 Å². The number of rotatable bonds is 1. The maximum absolute atomic E-state index is 5.76. The molecule has 0 aliphatic carbocycles. The maximum Gasteiger partial charge on any atom is 0.0957 e. The molecule has 0 aromatic carbocycles. The Bertz CT molecular complexity index is 341. The Morgan fingerprint density at radius 1 is 1.43 bits per heavy atom. The second kappa shape index (κ2) is 3.31. The maximum atomic E-state index is 5.76. The number of aromatic nitrogens is 1. The topological polar surface area (TPSA) is 22.1 Å². The minimum absolute atomic E-state index is 0.0324. The van der Waals surface area contributed by atoms with Gasteiger partial charge in [-0.1, -0.05) is 13.8 Å². The number of thiazole rings is 1. The van der Waals surface area contributed by atoms with Gasteiger partial charge in [0.2, 0.25) is 0 Å². The normalized spacial score (nSPS) is 19.8. The van der Waals surface area contributed by atoms with E-state index < -0.39 is 0 Å².